The third kappa shape index (κ3) is 8.72. The van der Waals surface area contributed by atoms with Gasteiger partial charge in [-0.25, -0.2) is 0 Å². The van der Waals surface area contributed by atoms with Crippen LogP contribution in [0.2, 0.25) is 0 Å². The van der Waals surface area contributed by atoms with E-state index in [1.807, 2.05) is 24.3 Å². The summed E-state index contributed by atoms with van der Waals surface area (Å²) in [6.07, 6.45) is 0.919. The Morgan fingerprint density at radius 1 is 0.935 bits per heavy atom. The molecule has 0 aliphatic rings. The maximum Gasteiger partial charge on any atom is 0.305 e. The molecule has 0 bridgehead atoms. The van der Waals surface area contributed by atoms with E-state index < -0.39 is 5.97 Å². The largest absolute Gasteiger partial charge is 0.508 e. The first-order valence-corrected chi connectivity index (χ1v) is 11.0. The molecule has 0 saturated carbocycles. The second-order valence-electron chi connectivity index (χ2n) is 8.72. The standard InChI is InChI=1S/C22H31NO2.C4H8O2/c1-16(2)23(17(3)4)13-12-20(19-8-6-5-7-9-19)21-14-18(15-24)10-11-22(21)25;1-3(2)4(5)6/h5-11,14,16-17,20,24-25H,12-13,15H2,1-4H3;3H,1-2H3,(H,5,6). The summed E-state index contributed by atoms with van der Waals surface area (Å²) < 4.78 is 0. The van der Waals surface area contributed by atoms with E-state index in [0.29, 0.717) is 17.8 Å². The number of hydrogen-bond acceptors (Lipinski definition) is 4. The molecule has 5 nitrogen and oxygen atoms in total. The fraction of sp³-hybridized carbons (Fsp3) is 0.500. The highest BCUT2D eigenvalue weighted by Crippen LogP contribution is 2.35. The van der Waals surface area contributed by atoms with Gasteiger partial charge in [-0.3, -0.25) is 9.69 Å². The van der Waals surface area contributed by atoms with E-state index in [2.05, 4.69) is 44.7 Å². The van der Waals surface area contributed by atoms with E-state index in [4.69, 9.17) is 5.11 Å². The van der Waals surface area contributed by atoms with Crippen LogP contribution in [0.4, 0.5) is 0 Å². The molecule has 0 spiro atoms. The van der Waals surface area contributed by atoms with Crippen molar-refractivity contribution in [2.75, 3.05) is 6.54 Å². The Bertz CT molecular complexity index is 779. The zero-order valence-electron chi connectivity index (χ0n) is 19.7. The van der Waals surface area contributed by atoms with Crippen LogP contribution in [0.1, 0.15) is 70.6 Å². The van der Waals surface area contributed by atoms with E-state index in [9.17, 15) is 15.0 Å². The van der Waals surface area contributed by atoms with Gasteiger partial charge < -0.3 is 15.3 Å². The number of nitrogens with zero attached hydrogens (tertiary/aromatic N) is 1. The molecule has 2 aromatic rings. The lowest BCUT2D eigenvalue weighted by molar-refractivity contribution is -0.140. The Kier molecular flexibility index (Phi) is 11.3. The number of rotatable bonds is 9. The number of aliphatic carboxylic acids is 1. The number of carboxylic acid groups (broad SMARTS) is 1. The molecule has 0 aromatic heterocycles. The van der Waals surface area contributed by atoms with Gasteiger partial charge in [0.1, 0.15) is 5.75 Å². The predicted octanol–water partition coefficient (Wildman–Crippen LogP) is 5.25. The molecule has 0 heterocycles. The molecule has 0 radical (unpaired) electrons. The molecular weight excluding hydrogens is 390 g/mol. The number of hydrogen-bond donors (Lipinski definition) is 3. The van der Waals surface area contributed by atoms with E-state index in [1.54, 1.807) is 26.0 Å². The maximum absolute atomic E-state index is 10.5. The summed E-state index contributed by atoms with van der Waals surface area (Å²) in [5, 5.41) is 27.9. The van der Waals surface area contributed by atoms with Crippen LogP contribution in [0.5, 0.6) is 5.75 Å². The highest BCUT2D eigenvalue weighted by atomic mass is 16.4. The number of carbonyl (C=O) groups is 1. The summed E-state index contributed by atoms with van der Waals surface area (Å²) in [6, 6.07) is 16.7. The van der Waals surface area contributed by atoms with Crippen molar-refractivity contribution in [1.82, 2.24) is 4.90 Å². The molecule has 172 valence electrons. The minimum absolute atomic E-state index is 0.0150. The third-order valence-corrected chi connectivity index (χ3v) is 5.35. The summed E-state index contributed by atoms with van der Waals surface area (Å²) in [5.41, 5.74) is 2.92. The Morgan fingerprint density at radius 2 is 1.48 bits per heavy atom. The van der Waals surface area contributed by atoms with Gasteiger partial charge in [-0.05, 0) is 63.9 Å². The van der Waals surface area contributed by atoms with Crippen molar-refractivity contribution in [3.63, 3.8) is 0 Å². The molecule has 0 aliphatic carbocycles. The van der Waals surface area contributed by atoms with Gasteiger partial charge in [0.05, 0.1) is 12.5 Å². The topological polar surface area (TPSA) is 81.0 Å². The maximum atomic E-state index is 10.5. The summed E-state index contributed by atoms with van der Waals surface area (Å²) in [4.78, 5) is 12.2. The monoisotopic (exact) mass is 429 g/mol. The van der Waals surface area contributed by atoms with Crippen molar-refractivity contribution in [3.8, 4) is 5.75 Å². The first-order valence-electron chi connectivity index (χ1n) is 11.0. The van der Waals surface area contributed by atoms with Crippen molar-refractivity contribution in [3.05, 3.63) is 65.2 Å². The zero-order valence-corrected chi connectivity index (χ0v) is 19.7. The molecule has 0 fully saturated rings. The van der Waals surface area contributed by atoms with Crippen LogP contribution in [0.25, 0.3) is 0 Å². The number of aliphatic hydroxyl groups excluding tert-OH is 1. The molecule has 3 N–H and O–H groups in total. The molecule has 2 aromatic carbocycles. The Balaban J connectivity index is 0.000000703. The SMILES string of the molecule is CC(C)C(=O)O.CC(C)N(CCC(c1ccccc1)c1cc(CO)ccc1O)C(C)C. The zero-order chi connectivity index (χ0) is 23.6. The summed E-state index contributed by atoms with van der Waals surface area (Å²) in [6.45, 7) is 13.1. The lowest BCUT2D eigenvalue weighted by Crippen LogP contribution is -2.38. The summed E-state index contributed by atoms with van der Waals surface area (Å²) in [5.74, 6) is -0.570. The van der Waals surface area contributed by atoms with Crippen molar-refractivity contribution >= 4 is 5.97 Å². The first-order chi connectivity index (χ1) is 14.6. The second kappa shape index (κ2) is 13.1. The minimum atomic E-state index is -0.741. The predicted molar refractivity (Wildman–Crippen MR) is 126 cm³/mol. The van der Waals surface area contributed by atoms with Crippen LogP contribution >= 0.6 is 0 Å². The molecular formula is C26H39NO4. The Labute approximate surface area is 187 Å². The number of aliphatic hydroxyl groups is 1. The molecule has 31 heavy (non-hydrogen) atoms. The fourth-order valence-electron chi connectivity index (χ4n) is 3.56. The van der Waals surface area contributed by atoms with Crippen molar-refractivity contribution in [1.29, 1.82) is 0 Å². The van der Waals surface area contributed by atoms with Gasteiger partial charge in [0.2, 0.25) is 0 Å². The number of benzene rings is 2. The molecule has 2 rings (SSSR count). The van der Waals surface area contributed by atoms with Gasteiger partial charge in [0, 0.05) is 23.6 Å². The fourth-order valence-corrected chi connectivity index (χ4v) is 3.56. The van der Waals surface area contributed by atoms with Crippen LogP contribution in [0, 0.1) is 5.92 Å². The number of carboxylic acids is 1. The quantitative estimate of drug-likeness (QED) is 0.507. The van der Waals surface area contributed by atoms with Gasteiger partial charge in [0.15, 0.2) is 0 Å². The van der Waals surface area contributed by atoms with E-state index >= 15 is 0 Å². The van der Waals surface area contributed by atoms with Crippen molar-refractivity contribution < 1.29 is 20.1 Å². The lowest BCUT2D eigenvalue weighted by atomic mass is 9.86. The Morgan fingerprint density at radius 3 is 1.94 bits per heavy atom. The van der Waals surface area contributed by atoms with Gasteiger partial charge >= 0.3 is 5.97 Å². The number of phenols is 1. The molecule has 1 unspecified atom stereocenters. The smallest absolute Gasteiger partial charge is 0.305 e. The normalized spacial score (nSPS) is 12.2. The van der Waals surface area contributed by atoms with Gasteiger partial charge in [-0.15, -0.1) is 0 Å². The third-order valence-electron chi connectivity index (χ3n) is 5.35. The van der Waals surface area contributed by atoms with Crippen LogP contribution in [-0.4, -0.2) is 44.8 Å². The number of phenolic OH excluding ortho intramolecular Hbond substituents is 1. The van der Waals surface area contributed by atoms with Gasteiger partial charge in [-0.2, -0.15) is 0 Å². The van der Waals surface area contributed by atoms with Gasteiger partial charge in [-0.1, -0.05) is 50.2 Å². The summed E-state index contributed by atoms with van der Waals surface area (Å²) >= 11 is 0. The van der Waals surface area contributed by atoms with E-state index in [-0.39, 0.29) is 18.4 Å². The van der Waals surface area contributed by atoms with Crippen LogP contribution in [-0.2, 0) is 11.4 Å². The summed E-state index contributed by atoms with van der Waals surface area (Å²) in [7, 11) is 0. The minimum Gasteiger partial charge on any atom is -0.508 e. The van der Waals surface area contributed by atoms with Crippen molar-refractivity contribution in [2.24, 2.45) is 5.92 Å². The van der Waals surface area contributed by atoms with Crippen LogP contribution in [0.3, 0.4) is 0 Å². The average molecular weight is 430 g/mol. The van der Waals surface area contributed by atoms with E-state index in [0.717, 1.165) is 24.1 Å². The second-order valence-corrected chi connectivity index (χ2v) is 8.72. The average Bonchev–Trinajstić information content (AvgIpc) is 2.72. The van der Waals surface area contributed by atoms with Crippen LogP contribution < -0.4 is 0 Å². The molecule has 5 heteroatoms. The first kappa shape index (κ1) is 26.7. The van der Waals surface area contributed by atoms with Crippen molar-refractivity contribution in [2.45, 2.75) is 72.6 Å². The van der Waals surface area contributed by atoms with E-state index in [1.165, 1.54) is 5.56 Å². The Hall–Kier alpha value is -2.37. The highest BCUT2D eigenvalue weighted by Gasteiger charge is 2.21. The lowest BCUT2D eigenvalue weighted by Gasteiger charge is -2.32. The highest BCUT2D eigenvalue weighted by molar-refractivity contribution is 5.68. The molecule has 0 saturated heterocycles. The molecule has 0 amide bonds. The molecule has 0 aliphatic heterocycles. The van der Waals surface area contributed by atoms with Gasteiger partial charge in [0.25, 0.3) is 0 Å². The molecule has 1 atom stereocenters. The number of aromatic hydroxyl groups is 1. The van der Waals surface area contributed by atoms with Crippen LogP contribution in [0.15, 0.2) is 48.5 Å².